The molecule has 7 nitrogen and oxygen atoms in total. The molecule has 9 heteroatoms. The first-order valence-electron chi connectivity index (χ1n) is 13.3. The van der Waals surface area contributed by atoms with E-state index in [-0.39, 0.29) is 49.7 Å². The van der Waals surface area contributed by atoms with E-state index in [0.29, 0.717) is 56.1 Å². The highest BCUT2D eigenvalue weighted by molar-refractivity contribution is 5.81. The number of unbranched alkanes of at least 4 members (excludes halogenated alkanes) is 1. The van der Waals surface area contributed by atoms with Crippen molar-refractivity contribution in [3.63, 3.8) is 0 Å². The third-order valence-corrected chi connectivity index (χ3v) is 7.54. The molecule has 2 atom stereocenters. The molecule has 2 fully saturated rings. The van der Waals surface area contributed by atoms with Gasteiger partial charge < -0.3 is 24.8 Å². The lowest BCUT2D eigenvalue weighted by molar-refractivity contribution is -0.127. The highest BCUT2D eigenvalue weighted by Gasteiger charge is 2.37. The Bertz CT molecular complexity index is 896. The number of likely N-dealkylation sites (tertiary alicyclic amines) is 1. The van der Waals surface area contributed by atoms with Crippen LogP contribution in [0.2, 0.25) is 0 Å². The Morgan fingerprint density at radius 2 is 1.72 bits per heavy atom. The van der Waals surface area contributed by atoms with Gasteiger partial charge in [0, 0.05) is 38.1 Å². The molecule has 1 saturated carbocycles. The van der Waals surface area contributed by atoms with Gasteiger partial charge in [0.05, 0.1) is 6.04 Å². The predicted molar refractivity (Wildman–Crippen MR) is 130 cm³/mol. The van der Waals surface area contributed by atoms with Gasteiger partial charge in [0.1, 0.15) is 25.1 Å². The number of carbonyl (C=O) groups is 2. The standard InChI is InChI=1S/C27H38F2N2O5/c28-27(29)11-9-19(10-12-27)22(32)5-1-2-6-25(33)30-21(18-31-13-3-4-14-31)26(34)20-7-8-23-24(17-20)36-16-15-35-23/h7-8,17,19,21,26,34H,1-6,9-16,18H2,(H,30,33)/t21-,26?/m1/s1. The summed E-state index contributed by atoms with van der Waals surface area (Å²) in [4.78, 5) is 27.4. The van der Waals surface area contributed by atoms with Gasteiger partial charge in [0.15, 0.2) is 11.5 Å². The second-order valence-electron chi connectivity index (χ2n) is 10.3. The van der Waals surface area contributed by atoms with Crippen molar-refractivity contribution in [2.45, 2.75) is 82.3 Å². The number of ketones is 1. The van der Waals surface area contributed by atoms with Crippen LogP contribution in [0.25, 0.3) is 0 Å². The Balaban J connectivity index is 1.27. The van der Waals surface area contributed by atoms with Gasteiger partial charge in [-0.2, -0.15) is 0 Å². The second-order valence-corrected chi connectivity index (χ2v) is 10.3. The van der Waals surface area contributed by atoms with Crippen molar-refractivity contribution in [2.24, 2.45) is 5.92 Å². The summed E-state index contributed by atoms with van der Waals surface area (Å²) in [5, 5.41) is 14.2. The number of benzene rings is 1. The molecule has 1 aliphatic carbocycles. The third-order valence-electron chi connectivity index (χ3n) is 7.54. The first-order chi connectivity index (χ1) is 17.3. The van der Waals surface area contributed by atoms with E-state index in [0.717, 1.165) is 25.9 Å². The summed E-state index contributed by atoms with van der Waals surface area (Å²) in [6.45, 7) is 3.37. The summed E-state index contributed by atoms with van der Waals surface area (Å²) in [7, 11) is 0. The van der Waals surface area contributed by atoms with Crippen LogP contribution in [0.4, 0.5) is 8.78 Å². The fourth-order valence-corrected chi connectivity index (χ4v) is 5.37. The number of amides is 1. The Kier molecular flexibility index (Phi) is 9.17. The van der Waals surface area contributed by atoms with Crippen molar-refractivity contribution < 1.29 is 33.0 Å². The molecule has 0 spiro atoms. The average molecular weight is 509 g/mol. The van der Waals surface area contributed by atoms with Crippen LogP contribution in [0.5, 0.6) is 11.5 Å². The molecule has 200 valence electrons. The molecule has 2 heterocycles. The summed E-state index contributed by atoms with van der Waals surface area (Å²) in [5.41, 5.74) is 0.660. The van der Waals surface area contributed by atoms with Gasteiger partial charge >= 0.3 is 0 Å². The maximum absolute atomic E-state index is 13.3. The first kappa shape index (κ1) is 26.8. The number of alkyl halides is 2. The number of ether oxygens (including phenoxy) is 2. The van der Waals surface area contributed by atoms with Crippen molar-refractivity contribution in [1.82, 2.24) is 10.2 Å². The molecule has 4 rings (SSSR count). The van der Waals surface area contributed by atoms with Crippen LogP contribution in [0, 0.1) is 5.92 Å². The number of Topliss-reactive ketones (excluding diaryl/α,β-unsaturated/α-hetero) is 1. The fourth-order valence-electron chi connectivity index (χ4n) is 5.37. The van der Waals surface area contributed by atoms with E-state index >= 15 is 0 Å². The molecule has 2 aliphatic heterocycles. The number of carbonyl (C=O) groups excluding carboxylic acids is 2. The van der Waals surface area contributed by atoms with Gasteiger partial charge in [-0.05, 0) is 69.3 Å². The smallest absolute Gasteiger partial charge is 0.248 e. The minimum absolute atomic E-state index is 0.0341. The third kappa shape index (κ3) is 7.38. The monoisotopic (exact) mass is 508 g/mol. The van der Waals surface area contributed by atoms with E-state index in [1.165, 1.54) is 0 Å². The van der Waals surface area contributed by atoms with Gasteiger partial charge in [-0.25, -0.2) is 8.78 Å². The number of halogens is 2. The zero-order valence-electron chi connectivity index (χ0n) is 20.9. The van der Waals surface area contributed by atoms with Crippen molar-refractivity contribution in [1.29, 1.82) is 0 Å². The van der Waals surface area contributed by atoms with Crippen LogP contribution >= 0.6 is 0 Å². The van der Waals surface area contributed by atoms with Crippen LogP contribution in [0.1, 0.15) is 75.9 Å². The molecule has 2 N–H and O–H groups in total. The molecule has 1 unspecified atom stereocenters. The summed E-state index contributed by atoms with van der Waals surface area (Å²) in [6, 6.07) is 4.87. The van der Waals surface area contributed by atoms with Gasteiger partial charge in [-0.1, -0.05) is 6.07 Å². The summed E-state index contributed by atoms with van der Waals surface area (Å²) in [5.74, 6) is -1.80. The van der Waals surface area contributed by atoms with E-state index < -0.39 is 18.1 Å². The van der Waals surface area contributed by atoms with Crippen molar-refractivity contribution >= 4 is 11.7 Å². The van der Waals surface area contributed by atoms with Crippen LogP contribution < -0.4 is 14.8 Å². The molecule has 0 aromatic heterocycles. The zero-order chi connectivity index (χ0) is 25.5. The number of aliphatic hydroxyl groups excluding tert-OH is 1. The maximum Gasteiger partial charge on any atom is 0.248 e. The van der Waals surface area contributed by atoms with Gasteiger partial charge in [-0.3, -0.25) is 9.59 Å². The highest BCUT2D eigenvalue weighted by atomic mass is 19.3. The number of hydrogen-bond donors (Lipinski definition) is 2. The molecule has 3 aliphatic rings. The van der Waals surface area contributed by atoms with E-state index in [2.05, 4.69) is 10.2 Å². The molecule has 1 aromatic carbocycles. The molecule has 36 heavy (non-hydrogen) atoms. The quantitative estimate of drug-likeness (QED) is 0.439. The van der Waals surface area contributed by atoms with E-state index in [1.54, 1.807) is 18.2 Å². The number of aliphatic hydroxyl groups is 1. The van der Waals surface area contributed by atoms with E-state index in [1.807, 2.05) is 0 Å². The molecule has 0 radical (unpaired) electrons. The topological polar surface area (TPSA) is 88.1 Å². The largest absolute Gasteiger partial charge is 0.486 e. The SMILES string of the molecule is O=C(CCCCC(=O)C1CCC(F)(F)CC1)N[C@H](CN1CCCC1)C(O)c1ccc2c(c1)OCCO2. The predicted octanol–water partition coefficient (Wildman–Crippen LogP) is 4.03. The minimum atomic E-state index is -2.63. The zero-order valence-corrected chi connectivity index (χ0v) is 20.9. The van der Waals surface area contributed by atoms with Crippen LogP contribution in [-0.4, -0.2) is 66.5 Å². The maximum atomic E-state index is 13.3. The lowest BCUT2D eigenvalue weighted by atomic mass is 9.83. The Hall–Kier alpha value is -2.26. The van der Waals surface area contributed by atoms with Gasteiger partial charge in [-0.15, -0.1) is 0 Å². The lowest BCUT2D eigenvalue weighted by Gasteiger charge is -2.29. The van der Waals surface area contributed by atoms with Crippen molar-refractivity contribution in [3.8, 4) is 11.5 Å². The van der Waals surface area contributed by atoms with Crippen LogP contribution in [0.15, 0.2) is 18.2 Å². The Labute approximate surface area is 211 Å². The van der Waals surface area contributed by atoms with E-state index in [9.17, 15) is 23.5 Å². The molecule has 1 aromatic rings. The molecular formula is C27H38F2N2O5. The van der Waals surface area contributed by atoms with Crippen molar-refractivity contribution in [3.05, 3.63) is 23.8 Å². The summed E-state index contributed by atoms with van der Waals surface area (Å²) in [6.07, 6.45) is 3.05. The lowest BCUT2D eigenvalue weighted by Crippen LogP contribution is -2.46. The molecular weight excluding hydrogens is 470 g/mol. The molecule has 1 amide bonds. The Morgan fingerprint density at radius 3 is 2.44 bits per heavy atom. The van der Waals surface area contributed by atoms with Gasteiger partial charge in [0.25, 0.3) is 0 Å². The van der Waals surface area contributed by atoms with E-state index in [4.69, 9.17) is 9.47 Å². The van der Waals surface area contributed by atoms with Crippen LogP contribution in [-0.2, 0) is 9.59 Å². The second kappa shape index (κ2) is 12.3. The summed E-state index contributed by atoms with van der Waals surface area (Å²) < 4.78 is 37.9. The molecule has 0 bridgehead atoms. The number of nitrogens with one attached hydrogen (secondary N) is 1. The average Bonchev–Trinajstić information content (AvgIpc) is 3.38. The van der Waals surface area contributed by atoms with Crippen molar-refractivity contribution in [2.75, 3.05) is 32.8 Å². The number of rotatable bonds is 11. The number of fused-ring (bicyclic) bond motifs is 1. The number of nitrogens with zero attached hydrogens (tertiary/aromatic N) is 1. The highest BCUT2D eigenvalue weighted by Crippen LogP contribution is 2.37. The molecule has 1 saturated heterocycles. The first-order valence-corrected chi connectivity index (χ1v) is 13.3. The fraction of sp³-hybridized carbons (Fsp3) is 0.704. The minimum Gasteiger partial charge on any atom is -0.486 e. The number of hydrogen-bond acceptors (Lipinski definition) is 6. The normalized spacial score (nSPS) is 21.6. The Morgan fingerprint density at radius 1 is 1.06 bits per heavy atom. The van der Waals surface area contributed by atoms with Crippen LogP contribution in [0.3, 0.4) is 0 Å². The summed E-state index contributed by atoms with van der Waals surface area (Å²) >= 11 is 0. The van der Waals surface area contributed by atoms with Gasteiger partial charge in [0.2, 0.25) is 11.8 Å².